The smallest absolute Gasteiger partial charge is 0.121 e. The van der Waals surface area contributed by atoms with Gasteiger partial charge in [0.1, 0.15) is 12.4 Å². The Bertz CT molecular complexity index is 874. The molecule has 0 aliphatic heterocycles. The zero-order chi connectivity index (χ0) is 17.5. The van der Waals surface area contributed by atoms with Crippen molar-refractivity contribution in [3.8, 4) is 11.8 Å². The number of ether oxygens (including phenoxy) is 1. The highest BCUT2D eigenvalue weighted by molar-refractivity contribution is 5.49. The SMILES string of the molecule is CC(Nc1cccc(OCc2cccc(C#N)c2)c1)c1cnccn1. The van der Waals surface area contributed by atoms with Crippen LogP contribution in [0.5, 0.6) is 5.75 Å². The summed E-state index contributed by atoms with van der Waals surface area (Å²) in [4.78, 5) is 8.40. The van der Waals surface area contributed by atoms with Crippen molar-refractivity contribution in [1.82, 2.24) is 9.97 Å². The van der Waals surface area contributed by atoms with E-state index in [-0.39, 0.29) is 6.04 Å². The second-order valence-corrected chi connectivity index (χ2v) is 5.62. The van der Waals surface area contributed by atoms with Crippen LogP contribution in [0.2, 0.25) is 0 Å². The normalized spacial score (nSPS) is 11.4. The molecular formula is C20H18N4O. The Morgan fingerprint density at radius 2 is 2.04 bits per heavy atom. The first-order valence-electron chi connectivity index (χ1n) is 7.99. The van der Waals surface area contributed by atoms with E-state index in [1.54, 1.807) is 24.7 Å². The molecule has 25 heavy (non-hydrogen) atoms. The fraction of sp³-hybridized carbons (Fsp3) is 0.150. The Labute approximate surface area is 147 Å². The van der Waals surface area contributed by atoms with Crippen molar-refractivity contribution in [3.63, 3.8) is 0 Å². The van der Waals surface area contributed by atoms with E-state index < -0.39 is 0 Å². The lowest BCUT2D eigenvalue weighted by Crippen LogP contribution is -2.08. The molecule has 124 valence electrons. The first-order chi connectivity index (χ1) is 12.2. The molecule has 0 saturated heterocycles. The minimum absolute atomic E-state index is 0.0382. The number of benzene rings is 2. The van der Waals surface area contributed by atoms with E-state index in [0.29, 0.717) is 12.2 Å². The maximum Gasteiger partial charge on any atom is 0.121 e. The predicted molar refractivity (Wildman–Crippen MR) is 96.0 cm³/mol. The van der Waals surface area contributed by atoms with Crippen LogP contribution in [0, 0.1) is 11.3 Å². The van der Waals surface area contributed by atoms with Gasteiger partial charge in [0.15, 0.2) is 0 Å². The lowest BCUT2D eigenvalue weighted by atomic mass is 10.1. The predicted octanol–water partition coefficient (Wildman–Crippen LogP) is 4.10. The number of aromatic nitrogens is 2. The highest BCUT2D eigenvalue weighted by Crippen LogP contribution is 2.22. The fourth-order valence-electron chi connectivity index (χ4n) is 2.43. The topological polar surface area (TPSA) is 70.8 Å². The third kappa shape index (κ3) is 4.55. The molecule has 1 heterocycles. The molecule has 5 heteroatoms. The summed E-state index contributed by atoms with van der Waals surface area (Å²) in [6, 6.07) is 17.4. The summed E-state index contributed by atoms with van der Waals surface area (Å²) in [6.45, 7) is 2.45. The highest BCUT2D eigenvalue weighted by atomic mass is 16.5. The molecule has 1 N–H and O–H groups in total. The summed E-state index contributed by atoms with van der Waals surface area (Å²) in [5.74, 6) is 0.763. The van der Waals surface area contributed by atoms with Gasteiger partial charge in [0, 0.05) is 24.1 Å². The first kappa shape index (κ1) is 16.5. The van der Waals surface area contributed by atoms with Crippen LogP contribution in [0.4, 0.5) is 5.69 Å². The third-order valence-electron chi connectivity index (χ3n) is 3.71. The van der Waals surface area contributed by atoms with Crippen molar-refractivity contribution in [2.45, 2.75) is 19.6 Å². The molecule has 1 unspecified atom stereocenters. The van der Waals surface area contributed by atoms with Crippen LogP contribution >= 0.6 is 0 Å². The summed E-state index contributed by atoms with van der Waals surface area (Å²) in [7, 11) is 0. The average Bonchev–Trinajstić information content (AvgIpc) is 2.67. The molecule has 3 aromatic rings. The summed E-state index contributed by atoms with van der Waals surface area (Å²) < 4.78 is 5.84. The van der Waals surface area contributed by atoms with Crippen molar-refractivity contribution in [1.29, 1.82) is 5.26 Å². The number of rotatable bonds is 6. The van der Waals surface area contributed by atoms with E-state index in [2.05, 4.69) is 21.4 Å². The van der Waals surface area contributed by atoms with Crippen LogP contribution < -0.4 is 10.1 Å². The van der Waals surface area contributed by atoms with Crippen molar-refractivity contribution >= 4 is 5.69 Å². The van der Waals surface area contributed by atoms with Crippen LogP contribution in [0.25, 0.3) is 0 Å². The Balaban J connectivity index is 1.64. The Hall–Kier alpha value is -3.39. The van der Waals surface area contributed by atoms with Crippen LogP contribution in [-0.2, 0) is 6.61 Å². The molecule has 1 atom stereocenters. The van der Waals surface area contributed by atoms with E-state index in [0.717, 1.165) is 22.7 Å². The summed E-state index contributed by atoms with van der Waals surface area (Å²) in [6.07, 6.45) is 5.09. The van der Waals surface area contributed by atoms with E-state index in [1.165, 1.54) is 0 Å². The third-order valence-corrected chi connectivity index (χ3v) is 3.71. The fourth-order valence-corrected chi connectivity index (χ4v) is 2.43. The largest absolute Gasteiger partial charge is 0.489 e. The molecule has 0 amide bonds. The van der Waals surface area contributed by atoms with E-state index in [9.17, 15) is 0 Å². The van der Waals surface area contributed by atoms with Gasteiger partial charge in [-0.3, -0.25) is 9.97 Å². The quantitative estimate of drug-likeness (QED) is 0.737. The zero-order valence-electron chi connectivity index (χ0n) is 13.9. The van der Waals surface area contributed by atoms with Crippen LogP contribution in [0.15, 0.2) is 67.1 Å². The number of nitrogens with one attached hydrogen (secondary N) is 1. The standard InChI is InChI=1S/C20H18N4O/c1-15(20-13-22-8-9-23-20)24-18-6-3-7-19(11-18)25-14-17-5-2-4-16(10-17)12-21/h2-11,13,15,24H,14H2,1H3. The van der Waals surface area contributed by atoms with Gasteiger partial charge in [-0.2, -0.15) is 5.26 Å². The van der Waals surface area contributed by atoms with Crippen LogP contribution in [0.3, 0.4) is 0 Å². The van der Waals surface area contributed by atoms with Gasteiger partial charge in [0.2, 0.25) is 0 Å². The van der Waals surface area contributed by atoms with E-state index in [1.807, 2.05) is 49.4 Å². The molecule has 3 rings (SSSR count). The number of nitrogens with zero attached hydrogens (tertiary/aromatic N) is 3. The second-order valence-electron chi connectivity index (χ2n) is 5.62. The van der Waals surface area contributed by atoms with Gasteiger partial charge >= 0.3 is 0 Å². The van der Waals surface area contributed by atoms with E-state index in [4.69, 9.17) is 10.00 Å². The average molecular weight is 330 g/mol. The van der Waals surface area contributed by atoms with Crippen LogP contribution in [0.1, 0.15) is 29.8 Å². The zero-order valence-corrected chi connectivity index (χ0v) is 13.9. The van der Waals surface area contributed by atoms with Gasteiger partial charge in [-0.05, 0) is 36.8 Å². The Morgan fingerprint density at radius 1 is 1.16 bits per heavy atom. The summed E-state index contributed by atoms with van der Waals surface area (Å²) in [5.41, 5.74) is 3.42. The molecule has 2 aromatic carbocycles. The summed E-state index contributed by atoms with van der Waals surface area (Å²) >= 11 is 0. The van der Waals surface area contributed by atoms with Crippen molar-refractivity contribution in [2.24, 2.45) is 0 Å². The Morgan fingerprint density at radius 3 is 2.84 bits per heavy atom. The van der Waals surface area contributed by atoms with Crippen molar-refractivity contribution < 1.29 is 4.74 Å². The molecule has 0 fully saturated rings. The van der Waals surface area contributed by atoms with Gasteiger partial charge in [0.05, 0.1) is 29.6 Å². The molecule has 0 bridgehead atoms. The molecule has 0 aliphatic rings. The molecule has 5 nitrogen and oxygen atoms in total. The monoisotopic (exact) mass is 330 g/mol. The van der Waals surface area contributed by atoms with Crippen molar-refractivity contribution in [3.05, 3.63) is 83.9 Å². The lowest BCUT2D eigenvalue weighted by molar-refractivity contribution is 0.306. The van der Waals surface area contributed by atoms with Gasteiger partial charge in [-0.25, -0.2) is 0 Å². The van der Waals surface area contributed by atoms with Gasteiger partial charge < -0.3 is 10.1 Å². The summed E-state index contributed by atoms with van der Waals surface area (Å²) in [5, 5.41) is 12.3. The van der Waals surface area contributed by atoms with Gasteiger partial charge in [-0.1, -0.05) is 18.2 Å². The van der Waals surface area contributed by atoms with Gasteiger partial charge in [0.25, 0.3) is 0 Å². The first-order valence-corrected chi connectivity index (χ1v) is 7.99. The molecule has 0 radical (unpaired) electrons. The Kier molecular flexibility index (Phi) is 5.22. The highest BCUT2D eigenvalue weighted by Gasteiger charge is 2.07. The minimum Gasteiger partial charge on any atom is -0.489 e. The van der Waals surface area contributed by atoms with E-state index >= 15 is 0 Å². The lowest BCUT2D eigenvalue weighted by Gasteiger charge is -2.15. The molecule has 0 saturated carbocycles. The molecule has 0 aliphatic carbocycles. The number of hydrogen-bond donors (Lipinski definition) is 1. The molecule has 1 aromatic heterocycles. The second kappa shape index (κ2) is 7.93. The maximum atomic E-state index is 8.95. The van der Waals surface area contributed by atoms with Crippen molar-refractivity contribution in [2.75, 3.05) is 5.32 Å². The number of hydrogen-bond acceptors (Lipinski definition) is 5. The number of nitriles is 1. The van der Waals surface area contributed by atoms with Gasteiger partial charge in [-0.15, -0.1) is 0 Å². The van der Waals surface area contributed by atoms with Crippen LogP contribution in [-0.4, -0.2) is 9.97 Å². The molecular weight excluding hydrogens is 312 g/mol. The minimum atomic E-state index is 0.0382. The maximum absolute atomic E-state index is 8.95. The number of anilines is 1. The molecule has 0 spiro atoms.